The molecule has 60 valence electrons. The molecule has 0 bridgehead atoms. The SMILES string of the molecule is O=C1OC=CNc2ccccc21. The van der Waals surface area contributed by atoms with Gasteiger partial charge in [0, 0.05) is 6.20 Å². The number of hydrogen-bond donors (Lipinski definition) is 1. The predicted molar refractivity (Wildman–Crippen MR) is 44.6 cm³/mol. The number of fused-ring (bicyclic) bond motifs is 1. The molecule has 0 aliphatic carbocycles. The summed E-state index contributed by atoms with van der Waals surface area (Å²) in [4.78, 5) is 11.2. The molecule has 0 unspecified atom stereocenters. The molecule has 0 atom stereocenters. The number of rotatable bonds is 0. The summed E-state index contributed by atoms with van der Waals surface area (Å²) in [5.41, 5.74) is 1.33. The minimum atomic E-state index is -0.327. The maximum absolute atomic E-state index is 11.2. The molecule has 1 aliphatic rings. The van der Waals surface area contributed by atoms with Crippen LogP contribution in [0.1, 0.15) is 10.4 Å². The molecular formula is C9H7NO2. The predicted octanol–water partition coefficient (Wildman–Crippen LogP) is 1.74. The first-order chi connectivity index (χ1) is 5.88. The number of anilines is 1. The molecule has 1 heterocycles. The molecule has 12 heavy (non-hydrogen) atoms. The fraction of sp³-hybridized carbons (Fsp3) is 0. The van der Waals surface area contributed by atoms with Crippen LogP contribution >= 0.6 is 0 Å². The molecule has 0 saturated carbocycles. The van der Waals surface area contributed by atoms with E-state index in [1.807, 2.05) is 12.1 Å². The van der Waals surface area contributed by atoms with Gasteiger partial charge in [-0.15, -0.1) is 0 Å². The van der Waals surface area contributed by atoms with E-state index in [1.165, 1.54) is 6.26 Å². The van der Waals surface area contributed by atoms with Crippen molar-refractivity contribution in [2.75, 3.05) is 5.32 Å². The number of benzene rings is 1. The van der Waals surface area contributed by atoms with E-state index < -0.39 is 0 Å². The fourth-order valence-corrected chi connectivity index (χ4v) is 1.07. The van der Waals surface area contributed by atoms with Gasteiger partial charge in [-0.3, -0.25) is 0 Å². The average molecular weight is 161 g/mol. The van der Waals surface area contributed by atoms with Crippen molar-refractivity contribution < 1.29 is 9.53 Å². The number of cyclic esters (lactones) is 1. The summed E-state index contributed by atoms with van der Waals surface area (Å²) in [6, 6.07) is 7.20. The van der Waals surface area contributed by atoms with Gasteiger partial charge in [0.15, 0.2) is 0 Å². The van der Waals surface area contributed by atoms with Gasteiger partial charge in [0.2, 0.25) is 0 Å². The summed E-state index contributed by atoms with van der Waals surface area (Å²) in [5.74, 6) is -0.327. The van der Waals surface area contributed by atoms with Gasteiger partial charge in [-0.25, -0.2) is 4.79 Å². The summed E-state index contributed by atoms with van der Waals surface area (Å²) in [6.45, 7) is 0. The quantitative estimate of drug-likeness (QED) is 0.589. The van der Waals surface area contributed by atoms with E-state index >= 15 is 0 Å². The second kappa shape index (κ2) is 2.70. The van der Waals surface area contributed by atoms with E-state index in [0.29, 0.717) is 5.56 Å². The van der Waals surface area contributed by atoms with E-state index in [0.717, 1.165) is 5.69 Å². The number of carbonyl (C=O) groups excluding carboxylic acids is 1. The van der Waals surface area contributed by atoms with E-state index in [4.69, 9.17) is 4.74 Å². The lowest BCUT2D eigenvalue weighted by molar-refractivity contribution is 0.0666. The third-order valence-corrected chi connectivity index (χ3v) is 1.63. The van der Waals surface area contributed by atoms with E-state index in [2.05, 4.69) is 5.32 Å². The maximum Gasteiger partial charge on any atom is 0.345 e. The van der Waals surface area contributed by atoms with Gasteiger partial charge in [-0.2, -0.15) is 0 Å². The molecule has 3 nitrogen and oxygen atoms in total. The smallest absolute Gasteiger partial charge is 0.345 e. The van der Waals surface area contributed by atoms with Crippen molar-refractivity contribution in [3.63, 3.8) is 0 Å². The molecule has 0 radical (unpaired) electrons. The van der Waals surface area contributed by atoms with Crippen LogP contribution in [0.2, 0.25) is 0 Å². The van der Waals surface area contributed by atoms with Crippen molar-refractivity contribution in [1.82, 2.24) is 0 Å². The number of para-hydroxylation sites is 1. The summed E-state index contributed by atoms with van der Waals surface area (Å²) in [7, 11) is 0. The molecule has 0 spiro atoms. The second-order valence-electron chi connectivity index (χ2n) is 2.40. The van der Waals surface area contributed by atoms with Crippen molar-refractivity contribution in [2.24, 2.45) is 0 Å². The van der Waals surface area contributed by atoms with Gasteiger partial charge in [-0.1, -0.05) is 12.1 Å². The van der Waals surface area contributed by atoms with Crippen molar-refractivity contribution in [2.45, 2.75) is 0 Å². The summed E-state index contributed by atoms with van der Waals surface area (Å²) >= 11 is 0. The van der Waals surface area contributed by atoms with Crippen LogP contribution in [-0.2, 0) is 4.74 Å². The first-order valence-electron chi connectivity index (χ1n) is 3.59. The molecule has 1 N–H and O–H groups in total. The van der Waals surface area contributed by atoms with Crippen LogP contribution in [-0.4, -0.2) is 5.97 Å². The van der Waals surface area contributed by atoms with Crippen LogP contribution in [0, 0.1) is 0 Å². The maximum atomic E-state index is 11.2. The largest absolute Gasteiger partial charge is 0.429 e. The second-order valence-corrected chi connectivity index (χ2v) is 2.40. The van der Waals surface area contributed by atoms with Crippen molar-refractivity contribution >= 4 is 11.7 Å². The Morgan fingerprint density at radius 1 is 1.25 bits per heavy atom. The highest BCUT2D eigenvalue weighted by Gasteiger charge is 2.12. The number of carbonyl (C=O) groups is 1. The van der Waals surface area contributed by atoms with Crippen LogP contribution in [0.4, 0.5) is 5.69 Å². The first kappa shape index (κ1) is 6.91. The molecule has 0 amide bonds. The number of esters is 1. The van der Waals surface area contributed by atoms with Gasteiger partial charge < -0.3 is 10.1 Å². The lowest BCUT2D eigenvalue weighted by atomic mass is 10.2. The van der Waals surface area contributed by atoms with Crippen LogP contribution in [0.25, 0.3) is 0 Å². The Bertz CT molecular complexity index is 344. The number of ether oxygens (including phenoxy) is 1. The molecule has 0 fully saturated rings. The zero-order chi connectivity index (χ0) is 8.39. The first-order valence-corrected chi connectivity index (χ1v) is 3.59. The zero-order valence-corrected chi connectivity index (χ0v) is 6.28. The molecule has 1 aromatic carbocycles. The van der Waals surface area contributed by atoms with Gasteiger partial charge in [0.25, 0.3) is 0 Å². The number of hydrogen-bond acceptors (Lipinski definition) is 3. The topological polar surface area (TPSA) is 38.3 Å². The third-order valence-electron chi connectivity index (χ3n) is 1.63. The van der Waals surface area contributed by atoms with Crippen molar-refractivity contribution in [1.29, 1.82) is 0 Å². The number of nitrogens with one attached hydrogen (secondary N) is 1. The Morgan fingerprint density at radius 2 is 2.08 bits per heavy atom. The van der Waals surface area contributed by atoms with Crippen LogP contribution in [0.3, 0.4) is 0 Å². The lowest BCUT2D eigenvalue weighted by Crippen LogP contribution is -2.00. The normalized spacial score (nSPS) is 14.2. The highest BCUT2D eigenvalue weighted by atomic mass is 16.5. The summed E-state index contributed by atoms with van der Waals surface area (Å²) in [6.07, 6.45) is 2.92. The monoisotopic (exact) mass is 161 g/mol. The van der Waals surface area contributed by atoms with Gasteiger partial charge in [0.05, 0.1) is 11.3 Å². The highest BCUT2D eigenvalue weighted by Crippen LogP contribution is 2.17. The zero-order valence-electron chi connectivity index (χ0n) is 6.28. The standard InChI is InChI=1S/C9H7NO2/c11-9-7-3-1-2-4-8(7)10-5-6-12-9/h1-6,10H. The van der Waals surface area contributed by atoms with Crippen molar-refractivity contribution in [3.05, 3.63) is 42.3 Å². The molecular weight excluding hydrogens is 154 g/mol. The molecule has 1 aliphatic heterocycles. The minimum absolute atomic E-state index is 0.327. The van der Waals surface area contributed by atoms with Gasteiger partial charge in [0.1, 0.15) is 6.26 Å². The Hall–Kier alpha value is -1.77. The molecule has 2 rings (SSSR count). The van der Waals surface area contributed by atoms with Crippen LogP contribution in [0.15, 0.2) is 36.7 Å². The average Bonchev–Trinajstić information content (AvgIpc) is 2.29. The Balaban J connectivity index is 2.52. The molecule has 3 heteroatoms. The third kappa shape index (κ3) is 1.05. The van der Waals surface area contributed by atoms with Gasteiger partial charge in [-0.05, 0) is 12.1 Å². The minimum Gasteiger partial charge on any atom is -0.429 e. The lowest BCUT2D eigenvalue weighted by Gasteiger charge is -2.01. The molecule has 1 aromatic rings. The fourth-order valence-electron chi connectivity index (χ4n) is 1.07. The van der Waals surface area contributed by atoms with E-state index in [-0.39, 0.29) is 5.97 Å². The molecule has 0 saturated heterocycles. The van der Waals surface area contributed by atoms with Crippen molar-refractivity contribution in [3.8, 4) is 0 Å². The molecule has 0 aromatic heterocycles. The van der Waals surface area contributed by atoms with Crippen LogP contribution in [0.5, 0.6) is 0 Å². The van der Waals surface area contributed by atoms with E-state index in [9.17, 15) is 4.79 Å². The highest BCUT2D eigenvalue weighted by molar-refractivity contribution is 5.96. The summed E-state index contributed by atoms with van der Waals surface area (Å²) in [5, 5.41) is 2.93. The van der Waals surface area contributed by atoms with E-state index in [1.54, 1.807) is 18.3 Å². The Labute approximate surface area is 69.7 Å². The Kier molecular flexibility index (Phi) is 1.55. The van der Waals surface area contributed by atoms with Gasteiger partial charge >= 0.3 is 5.97 Å². The summed E-state index contributed by atoms with van der Waals surface area (Å²) < 4.78 is 4.75. The Morgan fingerprint density at radius 3 is 3.00 bits per heavy atom. The van der Waals surface area contributed by atoms with Crippen LogP contribution < -0.4 is 5.32 Å².